The Bertz CT molecular complexity index is 905. The predicted octanol–water partition coefficient (Wildman–Crippen LogP) is 3.35. The molecule has 0 aliphatic rings. The van der Waals surface area contributed by atoms with Crippen molar-refractivity contribution in [3.05, 3.63) is 60.2 Å². The maximum absolute atomic E-state index is 12.2. The third-order valence-electron chi connectivity index (χ3n) is 3.48. The van der Waals surface area contributed by atoms with Crippen LogP contribution in [0.3, 0.4) is 0 Å². The largest absolute Gasteiger partial charge is 0.258 e. The summed E-state index contributed by atoms with van der Waals surface area (Å²) in [6.07, 6.45) is 0. The number of aromatic amines is 1. The first kappa shape index (κ1) is 16.7. The minimum atomic E-state index is -3.27. The first-order chi connectivity index (χ1) is 11.5. The van der Waals surface area contributed by atoms with Gasteiger partial charge in [-0.15, -0.1) is 5.10 Å². The van der Waals surface area contributed by atoms with E-state index >= 15 is 0 Å². The minimum Gasteiger partial charge on any atom is -0.258 e. The van der Waals surface area contributed by atoms with Crippen LogP contribution >= 0.6 is 11.8 Å². The smallest absolute Gasteiger partial charge is 0.208 e. The Morgan fingerprint density at radius 2 is 1.75 bits per heavy atom. The van der Waals surface area contributed by atoms with Crippen molar-refractivity contribution in [1.29, 1.82) is 0 Å². The summed E-state index contributed by atoms with van der Waals surface area (Å²) in [5.41, 5.74) is 2.14. The van der Waals surface area contributed by atoms with Gasteiger partial charge in [0.1, 0.15) is 0 Å². The molecule has 0 bridgehead atoms. The number of sulfone groups is 1. The number of benzene rings is 2. The van der Waals surface area contributed by atoms with Crippen LogP contribution in [0, 0.1) is 6.92 Å². The highest BCUT2D eigenvalue weighted by Gasteiger charge is 2.14. The Hall–Kier alpha value is -2.12. The van der Waals surface area contributed by atoms with Crippen molar-refractivity contribution in [1.82, 2.24) is 15.2 Å². The molecule has 24 heavy (non-hydrogen) atoms. The van der Waals surface area contributed by atoms with Gasteiger partial charge in [-0.05, 0) is 19.1 Å². The molecule has 0 spiro atoms. The van der Waals surface area contributed by atoms with Gasteiger partial charge in [-0.25, -0.2) is 13.4 Å². The van der Waals surface area contributed by atoms with E-state index in [0.717, 1.165) is 5.56 Å². The van der Waals surface area contributed by atoms with E-state index in [0.29, 0.717) is 21.6 Å². The lowest BCUT2D eigenvalue weighted by Crippen LogP contribution is -2.08. The average Bonchev–Trinajstić information content (AvgIpc) is 3.05. The summed E-state index contributed by atoms with van der Waals surface area (Å²) in [5.74, 6) is 1.14. The molecule has 3 rings (SSSR count). The number of rotatable bonds is 6. The van der Waals surface area contributed by atoms with Crippen molar-refractivity contribution < 1.29 is 8.42 Å². The van der Waals surface area contributed by atoms with Gasteiger partial charge in [-0.1, -0.05) is 59.8 Å². The van der Waals surface area contributed by atoms with E-state index in [1.807, 2.05) is 31.2 Å². The molecule has 1 aromatic heterocycles. The summed E-state index contributed by atoms with van der Waals surface area (Å²) in [6, 6.07) is 16.5. The number of thioether (sulfide) groups is 1. The van der Waals surface area contributed by atoms with Crippen molar-refractivity contribution in [2.24, 2.45) is 0 Å². The number of hydrogen-bond acceptors (Lipinski definition) is 5. The molecular formula is C17H17N3O2S2. The van der Waals surface area contributed by atoms with Crippen molar-refractivity contribution in [3.8, 4) is 11.4 Å². The van der Waals surface area contributed by atoms with Gasteiger partial charge in [-0.2, -0.15) is 0 Å². The number of nitrogens with one attached hydrogen (secondary N) is 1. The number of aromatic nitrogens is 3. The summed E-state index contributed by atoms with van der Waals surface area (Å²) < 4.78 is 24.4. The van der Waals surface area contributed by atoms with Crippen molar-refractivity contribution in [2.45, 2.75) is 17.0 Å². The highest BCUT2D eigenvalue weighted by atomic mass is 32.2. The van der Waals surface area contributed by atoms with E-state index in [-0.39, 0.29) is 5.75 Å². The molecule has 0 aliphatic carbocycles. The molecule has 0 unspecified atom stereocenters. The monoisotopic (exact) mass is 359 g/mol. The molecule has 0 saturated carbocycles. The molecule has 3 aromatic rings. The molecule has 1 heterocycles. The SMILES string of the molecule is Cc1ccc(-c2nc(SCCS(=O)(=O)c3ccccc3)n[nH]2)cc1. The normalized spacial score (nSPS) is 11.5. The molecule has 2 aromatic carbocycles. The van der Waals surface area contributed by atoms with Gasteiger partial charge in [0, 0.05) is 11.3 Å². The molecule has 5 nitrogen and oxygen atoms in total. The Morgan fingerprint density at radius 1 is 1.04 bits per heavy atom. The van der Waals surface area contributed by atoms with Gasteiger partial charge < -0.3 is 0 Å². The molecule has 0 radical (unpaired) electrons. The summed E-state index contributed by atoms with van der Waals surface area (Å²) in [5, 5.41) is 7.58. The average molecular weight is 359 g/mol. The Morgan fingerprint density at radius 3 is 2.46 bits per heavy atom. The fourth-order valence-electron chi connectivity index (χ4n) is 2.14. The third-order valence-corrected chi connectivity index (χ3v) is 6.31. The molecule has 7 heteroatoms. The summed E-state index contributed by atoms with van der Waals surface area (Å²) >= 11 is 1.33. The fraction of sp³-hybridized carbons (Fsp3) is 0.176. The van der Waals surface area contributed by atoms with Crippen LogP contribution < -0.4 is 0 Å². The van der Waals surface area contributed by atoms with Gasteiger partial charge in [0.2, 0.25) is 5.16 Å². The summed E-state index contributed by atoms with van der Waals surface area (Å²) in [7, 11) is -3.27. The van der Waals surface area contributed by atoms with Crippen LogP contribution in [0.4, 0.5) is 0 Å². The topological polar surface area (TPSA) is 75.7 Å². The van der Waals surface area contributed by atoms with Crippen LogP contribution in [0.15, 0.2) is 64.6 Å². The lowest BCUT2D eigenvalue weighted by molar-refractivity contribution is 0.597. The van der Waals surface area contributed by atoms with Crippen LogP contribution in [0.2, 0.25) is 0 Å². The second-order valence-electron chi connectivity index (χ2n) is 5.31. The van der Waals surface area contributed by atoms with Gasteiger partial charge in [0.15, 0.2) is 15.7 Å². The summed E-state index contributed by atoms with van der Waals surface area (Å²) in [4.78, 5) is 4.75. The van der Waals surface area contributed by atoms with E-state index in [4.69, 9.17) is 0 Å². The Kier molecular flexibility index (Phi) is 5.01. The molecule has 124 valence electrons. The second-order valence-corrected chi connectivity index (χ2v) is 8.48. The van der Waals surface area contributed by atoms with Crippen LogP contribution in [0.25, 0.3) is 11.4 Å². The fourth-order valence-corrected chi connectivity index (χ4v) is 4.61. The molecule has 0 aliphatic heterocycles. The first-order valence-corrected chi connectivity index (χ1v) is 10.1. The lowest BCUT2D eigenvalue weighted by Gasteiger charge is -2.02. The van der Waals surface area contributed by atoms with Crippen molar-refractivity contribution in [3.63, 3.8) is 0 Å². The van der Waals surface area contributed by atoms with E-state index in [1.165, 1.54) is 17.3 Å². The Labute approximate surface area is 145 Å². The van der Waals surface area contributed by atoms with Crippen molar-refractivity contribution in [2.75, 3.05) is 11.5 Å². The van der Waals surface area contributed by atoms with Gasteiger partial charge in [0.05, 0.1) is 10.6 Å². The zero-order chi connectivity index (χ0) is 17.0. The van der Waals surface area contributed by atoms with E-state index < -0.39 is 9.84 Å². The zero-order valence-electron chi connectivity index (χ0n) is 13.1. The third kappa shape index (κ3) is 4.04. The van der Waals surface area contributed by atoms with Gasteiger partial charge >= 0.3 is 0 Å². The number of aryl methyl sites for hydroxylation is 1. The molecule has 0 amide bonds. The number of H-pyrrole nitrogens is 1. The standard InChI is InChI=1S/C17H17N3O2S2/c1-13-7-9-14(10-8-13)16-18-17(20-19-16)23-11-12-24(21,22)15-5-3-2-4-6-15/h2-10H,11-12H2,1H3,(H,18,19,20). The van der Waals surface area contributed by atoms with Gasteiger partial charge in [-0.3, -0.25) is 5.10 Å². The van der Waals surface area contributed by atoms with E-state index in [1.54, 1.807) is 30.3 Å². The number of hydrogen-bond donors (Lipinski definition) is 1. The minimum absolute atomic E-state index is 0.0517. The maximum atomic E-state index is 12.2. The van der Waals surface area contributed by atoms with Crippen molar-refractivity contribution >= 4 is 21.6 Å². The molecule has 0 atom stereocenters. The van der Waals surface area contributed by atoms with Crippen LogP contribution in [0.1, 0.15) is 5.56 Å². The van der Waals surface area contributed by atoms with E-state index in [2.05, 4.69) is 15.2 Å². The van der Waals surface area contributed by atoms with Crippen LogP contribution in [0.5, 0.6) is 0 Å². The highest BCUT2D eigenvalue weighted by molar-refractivity contribution is 8.00. The quantitative estimate of drug-likeness (QED) is 0.683. The van der Waals surface area contributed by atoms with Crippen LogP contribution in [-0.4, -0.2) is 35.1 Å². The zero-order valence-corrected chi connectivity index (χ0v) is 14.8. The maximum Gasteiger partial charge on any atom is 0.208 e. The predicted molar refractivity (Wildman–Crippen MR) is 95.8 cm³/mol. The van der Waals surface area contributed by atoms with Gasteiger partial charge in [0.25, 0.3) is 0 Å². The number of nitrogens with zero attached hydrogens (tertiary/aromatic N) is 2. The van der Waals surface area contributed by atoms with E-state index in [9.17, 15) is 8.42 Å². The molecule has 1 N–H and O–H groups in total. The Balaban J connectivity index is 1.61. The second kappa shape index (κ2) is 7.19. The molecule has 0 fully saturated rings. The highest BCUT2D eigenvalue weighted by Crippen LogP contribution is 2.20. The molecule has 0 saturated heterocycles. The van der Waals surface area contributed by atoms with Crippen LogP contribution in [-0.2, 0) is 9.84 Å². The lowest BCUT2D eigenvalue weighted by atomic mass is 10.1. The summed E-state index contributed by atoms with van der Waals surface area (Å²) in [6.45, 7) is 2.03. The first-order valence-electron chi connectivity index (χ1n) is 7.45. The molecular weight excluding hydrogens is 342 g/mol.